The third-order valence-electron chi connectivity index (χ3n) is 5.15. The molecule has 3 rings (SSSR count). The minimum absolute atomic E-state index is 0.00685. The molecule has 0 fully saturated rings. The van der Waals surface area contributed by atoms with Gasteiger partial charge in [-0.2, -0.15) is 0 Å². The molecular formula is C24H28N2O3. The van der Waals surface area contributed by atoms with E-state index in [1.807, 2.05) is 56.3 Å². The fraction of sp³-hybridized carbons (Fsp3) is 0.292. The van der Waals surface area contributed by atoms with Crippen LogP contribution in [-0.2, 0) is 0 Å². The van der Waals surface area contributed by atoms with Crippen LogP contribution < -0.4 is 15.0 Å². The summed E-state index contributed by atoms with van der Waals surface area (Å²) in [5.74, 6) is 0.0929. The minimum Gasteiger partial charge on any atom is -0.506 e. The van der Waals surface area contributed by atoms with E-state index in [4.69, 9.17) is 4.74 Å². The second-order valence-electron chi connectivity index (χ2n) is 7.36. The number of ketones is 1. The van der Waals surface area contributed by atoms with Crippen LogP contribution in [0.15, 0.2) is 42.5 Å². The molecule has 0 unspecified atom stereocenters. The van der Waals surface area contributed by atoms with E-state index < -0.39 is 0 Å². The Labute approximate surface area is 172 Å². The molecule has 0 radical (unpaired) electrons. The summed E-state index contributed by atoms with van der Waals surface area (Å²) in [5.41, 5.74) is 4.89. The van der Waals surface area contributed by atoms with Crippen LogP contribution in [0.1, 0.15) is 33.5 Å². The number of phenolic OH excluding ortho intramolecular Hbond substituents is 1. The average Bonchev–Trinajstić information content (AvgIpc) is 2.72. The summed E-state index contributed by atoms with van der Waals surface area (Å²) < 4.78 is 5.41. The second-order valence-corrected chi connectivity index (χ2v) is 7.36. The third kappa shape index (κ3) is 4.51. The van der Waals surface area contributed by atoms with Gasteiger partial charge in [0.25, 0.3) is 0 Å². The number of benzene rings is 2. The molecule has 0 atom stereocenters. The van der Waals surface area contributed by atoms with E-state index in [0.29, 0.717) is 5.75 Å². The molecule has 0 aromatic heterocycles. The third-order valence-corrected chi connectivity index (χ3v) is 5.15. The number of allylic oxidation sites excluding steroid dienone is 1. The molecule has 2 N–H and O–H groups in total. The van der Waals surface area contributed by atoms with Gasteiger partial charge in [-0.05, 0) is 60.9 Å². The predicted molar refractivity (Wildman–Crippen MR) is 119 cm³/mol. The van der Waals surface area contributed by atoms with Crippen molar-refractivity contribution in [3.63, 3.8) is 0 Å². The van der Waals surface area contributed by atoms with Gasteiger partial charge in [0.1, 0.15) is 17.1 Å². The number of rotatable bonds is 6. The Morgan fingerprint density at radius 2 is 1.97 bits per heavy atom. The van der Waals surface area contributed by atoms with Crippen LogP contribution in [0.2, 0.25) is 0 Å². The number of hydrogen-bond acceptors (Lipinski definition) is 5. The van der Waals surface area contributed by atoms with Crippen molar-refractivity contribution < 1.29 is 14.6 Å². The van der Waals surface area contributed by atoms with Crippen LogP contribution in [0.4, 0.5) is 5.69 Å². The van der Waals surface area contributed by atoms with Crippen molar-refractivity contribution in [1.29, 1.82) is 0 Å². The van der Waals surface area contributed by atoms with Gasteiger partial charge in [-0.3, -0.25) is 4.79 Å². The number of aryl methyl sites for hydroxylation is 1. The van der Waals surface area contributed by atoms with Gasteiger partial charge in [0, 0.05) is 31.9 Å². The highest BCUT2D eigenvalue weighted by Crippen LogP contribution is 2.39. The lowest BCUT2D eigenvalue weighted by Gasteiger charge is -2.20. The smallest absolute Gasteiger partial charge is 0.193 e. The van der Waals surface area contributed by atoms with Gasteiger partial charge >= 0.3 is 0 Å². The summed E-state index contributed by atoms with van der Waals surface area (Å²) in [7, 11) is 5.48. The fourth-order valence-corrected chi connectivity index (χ4v) is 3.56. The van der Waals surface area contributed by atoms with E-state index in [1.165, 1.54) is 13.2 Å². The van der Waals surface area contributed by atoms with Crippen molar-refractivity contribution in [2.45, 2.75) is 13.3 Å². The maximum atomic E-state index is 13.0. The van der Waals surface area contributed by atoms with Gasteiger partial charge in [0.15, 0.2) is 5.78 Å². The number of nitrogens with one attached hydrogen (secondary N) is 1. The van der Waals surface area contributed by atoms with Crippen LogP contribution in [0.3, 0.4) is 0 Å². The molecule has 1 aliphatic heterocycles. The SMILES string of the molecule is COc1cc(C)c(C2=CCNCC2)c(O)c1C(=O)/C=C/c1ccc(N(C)C)cc1. The summed E-state index contributed by atoms with van der Waals surface area (Å²) in [6.45, 7) is 3.53. The first-order valence-electron chi connectivity index (χ1n) is 9.73. The van der Waals surface area contributed by atoms with Crippen molar-refractivity contribution in [2.75, 3.05) is 39.2 Å². The number of carbonyl (C=O) groups excluding carboxylic acids is 1. The lowest BCUT2D eigenvalue weighted by atomic mass is 9.91. The van der Waals surface area contributed by atoms with Crippen molar-refractivity contribution in [3.8, 4) is 11.5 Å². The second kappa shape index (κ2) is 8.97. The number of aromatic hydroxyl groups is 1. The highest BCUT2D eigenvalue weighted by molar-refractivity contribution is 6.11. The number of phenols is 1. The van der Waals surface area contributed by atoms with Gasteiger partial charge in [-0.15, -0.1) is 0 Å². The zero-order chi connectivity index (χ0) is 21.0. The van der Waals surface area contributed by atoms with Crippen LogP contribution in [0.25, 0.3) is 11.6 Å². The molecule has 29 heavy (non-hydrogen) atoms. The molecule has 5 heteroatoms. The number of anilines is 1. The average molecular weight is 392 g/mol. The van der Waals surface area contributed by atoms with Crippen molar-refractivity contribution in [2.24, 2.45) is 0 Å². The Morgan fingerprint density at radius 1 is 1.24 bits per heavy atom. The van der Waals surface area contributed by atoms with Crippen LogP contribution in [0.5, 0.6) is 11.5 Å². The Bertz CT molecular complexity index is 957. The molecule has 0 bridgehead atoms. The number of ether oxygens (including phenoxy) is 1. The van der Waals surface area contributed by atoms with Gasteiger partial charge in [0.05, 0.1) is 7.11 Å². The Morgan fingerprint density at radius 3 is 2.55 bits per heavy atom. The molecule has 1 heterocycles. The van der Waals surface area contributed by atoms with E-state index in [-0.39, 0.29) is 17.1 Å². The first kappa shape index (κ1) is 20.7. The van der Waals surface area contributed by atoms with E-state index >= 15 is 0 Å². The number of nitrogens with zero attached hydrogens (tertiary/aromatic N) is 1. The molecule has 0 saturated heterocycles. The zero-order valence-electron chi connectivity index (χ0n) is 17.5. The normalized spacial score (nSPS) is 14.0. The van der Waals surface area contributed by atoms with Gasteiger partial charge in [-0.1, -0.05) is 24.3 Å². The molecule has 2 aromatic carbocycles. The van der Waals surface area contributed by atoms with Gasteiger partial charge in [0.2, 0.25) is 0 Å². The monoisotopic (exact) mass is 392 g/mol. The largest absolute Gasteiger partial charge is 0.506 e. The predicted octanol–water partition coefficient (Wildman–Crippen LogP) is 4.05. The molecule has 0 spiro atoms. The lowest BCUT2D eigenvalue weighted by Crippen LogP contribution is -2.20. The van der Waals surface area contributed by atoms with Crippen LogP contribution >= 0.6 is 0 Å². The highest BCUT2D eigenvalue weighted by Gasteiger charge is 2.23. The Balaban J connectivity index is 1.95. The molecule has 0 aliphatic carbocycles. The molecule has 152 valence electrons. The lowest BCUT2D eigenvalue weighted by molar-refractivity contribution is 0.104. The van der Waals surface area contributed by atoms with E-state index in [9.17, 15) is 9.90 Å². The Kier molecular flexibility index (Phi) is 6.39. The molecule has 1 aliphatic rings. The molecule has 2 aromatic rings. The molecule has 0 saturated carbocycles. The highest BCUT2D eigenvalue weighted by atomic mass is 16.5. The standard InChI is InChI=1S/C24H28N2O3/c1-16-15-21(29-4)23(24(28)22(16)18-11-13-25-14-12-18)20(27)10-7-17-5-8-19(9-6-17)26(2)3/h5-11,15,25,28H,12-14H2,1-4H3/b10-7+. The first-order valence-corrected chi connectivity index (χ1v) is 9.73. The van der Waals surface area contributed by atoms with Crippen molar-refractivity contribution >= 4 is 23.1 Å². The maximum Gasteiger partial charge on any atom is 0.193 e. The molecule has 0 amide bonds. The van der Waals surface area contributed by atoms with E-state index in [0.717, 1.165) is 47.5 Å². The minimum atomic E-state index is -0.285. The fourth-order valence-electron chi connectivity index (χ4n) is 3.56. The number of hydrogen-bond donors (Lipinski definition) is 2. The maximum absolute atomic E-state index is 13.0. The summed E-state index contributed by atoms with van der Waals surface area (Å²) in [4.78, 5) is 15.0. The summed E-state index contributed by atoms with van der Waals surface area (Å²) in [6.07, 6.45) is 6.11. The van der Waals surface area contributed by atoms with E-state index in [2.05, 4.69) is 11.4 Å². The zero-order valence-corrected chi connectivity index (χ0v) is 17.5. The summed E-state index contributed by atoms with van der Waals surface area (Å²) in [5, 5.41) is 14.3. The summed E-state index contributed by atoms with van der Waals surface area (Å²) in [6, 6.07) is 9.73. The number of methoxy groups -OCH3 is 1. The first-order chi connectivity index (χ1) is 13.9. The quantitative estimate of drug-likeness (QED) is 0.574. The molecule has 5 nitrogen and oxygen atoms in total. The number of carbonyl (C=O) groups is 1. The topological polar surface area (TPSA) is 61.8 Å². The van der Waals surface area contributed by atoms with E-state index in [1.54, 1.807) is 6.08 Å². The van der Waals surface area contributed by atoms with Crippen molar-refractivity contribution in [1.82, 2.24) is 5.32 Å². The summed E-state index contributed by atoms with van der Waals surface area (Å²) >= 11 is 0. The van der Waals surface area contributed by atoms with Crippen molar-refractivity contribution in [3.05, 3.63) is 64.7 Å². The van der Waals surface area contributed by atoms with Crippen LogP contribution in [-0.4, -0.2) is 45.2 Å². The van der Waals surface area contributed by atoms with Crippen LogP contribution in [0, 0.1) is 6.92 Å². The Hall–Kier alpha value is -3.05. The molecular weight excluding hydrogens is 364 g/mol. The van der Waals surface area contributed by atoms with Gasteiger partial charge < -0.3 is 20.1 Å². The van der Waals surface area contributed by atoms with Gasteiger partial charge in [-0.25, -0.2) is 0 Å².